The molecule has 0 atom stereocenters. The van der Waals surface area contributed by atoms with Gasteiger partial charge < -0.3 is 9.79 Å². The standard InChI is InChI=1S/C4H8BrO3P/c5-3-1-2-4-9(6,7)8/h2,4H,1,3H2,(H2,6,7,8). The van der Waals surface area contributed by atoms with Gasteiger partial charge in [-0.1, -0.05) is 22.0 Å². The van der Waals surface area contributed by atoms with Crippen molar-refractivity contribution in [1.29, 1.82) is 0 Å². The minimum atomic E-state index is -3.90. The summed E-state index contributed by atoms with van der Waals surface area (Å²) in [6, 6.07) is 0. The predicted molar refractivity (Wildman–Crippen MR) is 39.6 cm³/mol. The van der Waals surface area contributed by atoms with E-state index in [1.165, 1.54) is 6.08 Å². The number of rotatable bonds is 3. The van der Waals surface area contributed by atoms with Crippen molar-refractivity contribution in [2.45, 2.75) is 6.42 Å². The minimum Gasteiger partial charge on any atom is -0.321 e. The van der Waals surface area contributed by atoms with Crippen molar-refractivity contribution in [3.05, 3.63) is 11.9 Å². The number of halogens is 1. The van der Waals surface area contributed by atoms with Gasteiger partial charge in [0.05, 0.1) is 0 Å². The zero-order valence-corrected chi connectivity index (χ0v) is 7.18. The Morgan fingerprint density at radius 2 is 2.11 bits per heavy atom. The molecule has 0 aliphatic heterocycles. The fourth-order valence-electron chi connectivity index (χ4n) is 0.275. The van der Waals surface area contributed by atoms with E-state index in [-0.39, 0.29) is 0 Å². The smallest absolute Gasteiger partial charge is 0.321 e. The first-order valence-corrected chi connectivity index (χ1v) is 5.15. The third-order valence-corrected chi connectivity index (χ3v) is 1.63. The van der Waals surface area contributed by atoms with Crippen molar-refractivity contribution >= 4 is 23.5 Å². The summed E-state index contributed by atoms with van der Waals surface area (Å²) in [4.78, 5) is 16.5. The molecule has 0 aromatic carbocycles. The number of hydrogen-bond acceptors (Lipinski definition) is 1. The van der Waals surface area contributed by atoms with E-state index in [2.05, 4.69) is 15.9 Å². The molecule has 0 rings (SSSR count). The van der Waals surface area contributed by atoms with Gasteiger partial charge in [0.2, 0.25) is 0 Å². The van der Waals surface area contributed by atoms with Crippen molar-refractivity contribution in [3.63, 3.8) is 0 Å². The minimum absolute atomic E-state index is 0.644. The molecule has 0 heterocycles. The Hall–Kier alpha value is 0.370. The SMILES string of the molecule is O=P(O)(O)C=CCCBr. The van der Waals surface area contributed by atoms with Gasteiger partial charge in [-0.25, -0.2) is 0 Å². The Balaban J connectivity index is 3.58. The molecule has 3 nitrogen and oxygen atoms in total. The van der Waals surface area contributed by atoms with E-state index in [1.54, 1.807) is 0 Å². The van der Waals surface area contributed by atoms with Crippen LogP contribution >= 0.6 is 23.5 Å². The van der Waals surface area contributed by atoms with E-state index in [4.69, 9.17) is 9.79 Å². The normalized spacial score (nSPS) is 12.8. The highest BCUT2D eigenvalue weighted by molar-refractivity contribution is 9.09. The molecule has 0 aliphatic carbocycles. The van der Waals surface area contributed by atoms with E-state index in [9.17, 15) is 4.57 Å². The molecular weight excluding hydrogens is 207 g/mol. The van der Waals surface area contributed by atoms with Crippen LogP contribution in [0.1, 0.15) is 6.42 Å². The van der Waals surface area contributed by atoms with E-state index in [0.29, 0.717) is 6.42 Å². The Labute approximate surface area is 62.1 Å². The van der Waals surface area contributed by atoms with Crippen LogP contribution in [-0.2, 0) is 4.57 Å². The molecule has 54 valence electrons. The van der Waals surface area contributed by atoms with E-state index in [0.717, 1.165) is 11.1 Å². The average molecular weight is 215 g/mol. The number of allylic oxidation sites excluding steroid dienone is 1. The molecule has 0 saturated heterocycles. The summed E-state index contributed by atoms with van der Waals surface area (Å²) >= 11 is 3.11. The molecule has 5 heteroatoms. The van der Waals surface area contributed by atoms with Crippen LogP contribution in [0.4, 0.5) is 0 Å². The summed E-state index contributed by atoms with van der Waals surface area (Å²) in [5, 5.41) is 0.726. The summed E-state index contributed by atoms with van der Waals surface area (Å²) in [6.45, 7) is 0. The lowest BCUT2D eigenvalue weighted by Crippen LogP contribution is -1.70. The largest absolute Gasteiger partial charge is 0.348 e. The summed E-state index contributed by atoms with van der Waals surface area (Å²) in [6.07, 6.45) is 2.10. The first kappa shape index (κ1) is 9.37. The molecular formula is C4H8BrO3P. The number of hydrogen-bond donors (Lipinski definition) is 2. The Kier molecular flexibility index (Phi) is 4.40. The molecule has 2 N–H and O–H groups in total. The summed E-state index contributed by atoms with van der Waals surface area (Å²) in [5.74, 6) is 0.911. The maximum absolute atomic E-state index is 10.1. The molecule has 0 aromatic heterocycles. The van der Waals surface area contributed by atoms with Gasteiger partial charge in [-0.3, -0.25) is 4.57 Å². The summed E-state index contributed by atoms with van der Waals surface area (Å²) < 4.78 is 10.1. The Morgan fingerprint density at radius 3 is 2.44 bits per heavy atom. The fraction of sp³-hybridized carbons (Fsp3) is 0.500. The van der Waals surface area contributed by atoms with Crippen LogP contribution in [0.3, 0.4) is 0 Å². The zero-order valence-electron chi connectivity index (χ0n) is 4.70. The van der Waals surface area contributed by atoms with Crippen LogP contribution in [0.2, 0.25) is 0 Å². The molecule has 0 spiro atoms. The van der Waals surface area contributed by atoms with Gasteiger partial charge in [0.1, 0.15) is 0 Å². The molecule has 0 aromatic rings. The van der Waals surface area contributed by atoms with Crippen molar-refractivity contribution in [3.8, 4) is 0 Å². The molecule has 0 aliphatic rings. The van der Waals surface area contributed by atoms with Gasteiger partial charge >= 0.3 is 7.60 Å². The van der Waals surface area contributed by atoms with Gasteiger partial charge in [-0.15, -0.1) is 0 Å². The Morgan fingerprint density at radius 1 is 1.56 bits per heavy atom. The monoisotopic (exact) mass is 214 g/mol. The second-order valence-electron chi connectivity index (χ2n) is 1.45. The quantitative estimate of drug-likeness (QED) is 0.553. The summed E-state index contributed by atoms with van der Waals surface area (Å²) in [7, 11) is -3.90. The maximum Gasteiger partial charge on any atom is 0.348 e. The van der Waals surface area contributed by atoms with Gasteiger partial charge in [-0.05, 0) is 6.42 Å². The fourth-order valence-corrected chi connectivity index (χ4v) is 0.963. The topological polar surface area (TPSA) is 57.5 Å². The van der Waals surface area contributed by atoms with Crippen LogP contribution in [0.5, 0.6) is 0 Å². The van der Waals surface area contributed by atoms with Crippen molar-refractivity contribution in [2.75, 3.05) is 5.33 Å². The lowest BCUT2D eigenvalue weighted by molar-refractivity contribution is 0.386. The summed E-state index contributed by atoms with van der Waals surface area (Å²) in [5.41, 5.74) is 0. The van der Waals surface area contributed by atoms with E-state index in [1.807, 2.05) is 0 Å². The Bertz CT molecular complexity index is 139. The molecule has 0 bridgehead atoms. The molecule has 9 heavy (non-hydrogen) atoms. The second-order valence-corrected chi connectivity index (χ2v) is 3.72. The molecule has 0 saturated carbocycles. The van der Waals surface area contributed by atoms with Crippen LogP contribution in [0, 0.1) is 0 Å². The maximum atomic E-state index is 10.1. The van der Waals surface area contributed by atoms with E-state index < -0.39 is 7.60 Å². The third kappa shape index (κ3) is 8.37. The van der Waals surface area contributed by atoms with Crippen LogP contribution in [0.25, 0.3) is 0 Å². The predicted octanol–water partition coefficient (Wildman–Crippen LogP) is 1.46. The molecule has 0 unspecified atom stereocenters. The third-order valence-electron chi connectivity index (χ3n) is 0.575. The second kappa shape index (κ2) is 4.23. The highest BCUT2D eigenvalue weighted by atomic mass is 79.9. The number of alkyl halides is 1. The first-order valence-electron chi connectivity index (χ1n) is 2.35. The lowest BCUT2D eigenvalue weighted by atomic mass is 10.5. The first-order chi connectivity index (χ1) is 4.06. The molecule has 0 radical (unpaired) electrons. The highest BCUT2D eigenvalue weighted by Crippen LogP contribution is 2.35. The van der Waals surface area contributed by atoms with Crippen LogP contribution in [-0.4, -0.2) is 15.1 Å². The van der Waals surface area contributed by atoms with Gasteiger partial charge in [-0.2, -0.15) is 0 Å². The van der Waals surface area contributed by atoms with Gasteiger partial charge in [0, 0.05) is 11.1 Å². The average Bonchev–Trinajstić information content (AvgIpc) is 1.63. The highest BCUT2D eigenvalue weighted by Gasteiger charge is 2.03. The zero-order chi connectivity index (χ0) is 7.33. The van der Waals surface area contributed by atoms with Gasteiger partial charge in [0.25, 0.3) is 0 Å². The molecule has 0 amide bonds. The van der Waals surface area contributed by atoms with Gasteiger partial charge in [0.15, 0.2) is 0 Å². The van der Waals surface area contributed by atoms with Crippen LogP contribution < -0.4 is 0 Å². The van der Waals surface area contributed by atoms with Crippen molar-refractivity contribution in [2.24, 2.45) is 0 Å². The van der Waals surface area contributed by atoms with Crippen molar-refractivity contribution in [1.82, 2.24) is 0 Å². The van der Waals surface area contributed by atoms with Crippen molar-refractivity contribution < 1.29 is 14.4 Å². The van der Waals surface area contributed by atoms with E-state index >= 15 is 0 Å². The van der Waals surface area contributed by atoms with Crippen LogP contribution in [0.15, 0.2) is 11.9 Å². The molecule has 0 fully saturated rings. The lowest BCUT2D eigenvalue weighted by Gasteiger charge is -1.91.